The summed E-state index contributed by atoms with van der Waals surface area (Å²) < 4.78 is 19.7. The molecule has 1 aromatic heterocycles. The highest BCUT2D eigenvalue weighted by molar-refractivity contribution is 8.27. The predicted octanol–water partition coefficient (Wildman–Crippen LogP) is 6.46. The van der Waals surface area contributed by atoms with E-state index in [9.17, 15) is 4.79 Å². The van der Waals surface area contributed by atoms with E-state index in [-0.39, 0.29) is 18.0 Å². The third-order valence-corrected chi connectivity index (χ3v) is 8.23. The Hall–Kier alpha value is -5.09. The average molecular weight is 606 g/mol. The molecule has 3 heterocycles. The molecular formula is C34H31N5O4S. The Balaban J connectivity index is 1.23. The first kappa shape index (κ1) is 29.0. The van der Waals surface area contributed by atoms with Crippen LogP contribution in [-0.4, -0.2) is 51.9 Å². The lowest BCUT2D eigenvalue weighted by Crippen LogP contribution is -2.35. The van der Waals surface area contributed by atoms with Crippen LogP contribution in [0.25, 0.3) is 17.0 Å². The monoisotopic (exact) mass is 605 g/mol. The highest BCUT2D eigenvalue weighted by Gasteiger charge is 2.36. The molecule has 1 N–H and O–H groups in total. The van der Waals surface area contributed by atoms with Gasteiger partial charge in [0, 0.05) is 22.2 Å². The zero-order chi connectivity index (χ0) is 30.6. The van der Waals surface area contributed by atoms with Crippen molar-refractivity contribution in [1.82, 2.24) is 9.58 Å². The standard InChI is InChI=1S/C34H31N5O4S/c1-4-10-23-15-16-29(30(19-23)41-3)42-18-17-38-22(2)26(25-13-8-9-14-28(25)38)20-27-32(35)39-34(36-33(27)40)44-31(37-39)21-43-24-11-6-5-7-12-24/h4-9,11-16,19-20,35H,1,10,17-18,21H2,2-3H3/b27-20-,35-32?. The van der Waals surface area contributed by atoms with Crippen LogP contribution in [0.4, 0.5) is 0 Å². The Bertz CT molecular complexity index is 1860. The van der Waals surface area contributed by atoms with Gasteiger partial charge in [-0.1, -0.05) is 48.5 Å². The molecule has 222 valence electrons. The Morgan fingerprint density at radius 2 is 1.82 bits per heavy atom. The van der Waals surface area contributed by atoms with Gasteiger partial charge >= 0.3 is 0 Å². The predicted molar refractivity (Wildman–Crippen MR) is 176 cm³/mol. The van der Waals surface area contributed by atoms with Crippen LogP contribution in [0.15, 0.2) is 101 Å². The molecule has 0 unspecified atom stereocenters. The number of ether oxygens (including phenoxy) is 3. The SMILES string of the molecule is C=CCc1ccc(OCCn2c(C)c(/C=C3/C(=N)N4N=C(COc5ccccc5)SC4=NC3=O)c3ccccc32)c(OC)c1. The molecule has 1 amide bonds. The molecule has 0 saturated carbocycles. The number of hydrazone groups is 1. The van der Waals surface area contributed by atoms with Crippen molar-refractivity contribution in [3.63, 3.8) is 0 Å². The Kier molecular flexibility index (Phi) is 8.33. The fourth-order valence-corrected chi connectivity index (χ4v) is 5.99. The number of amides is 1. The maximum Gasteiger partial charge on any atom is 0.283 e. The summed E-state index contributed by atoms with van der Waals surface area (Å²) in [7, 11) is 1.63. The van der Waals surface area contributed by atoms with Crippen LogP contribution in [-0.2, 0) is 17.8 Å². The van der Waals surface area contributed by atoms with Crippen molar-refractivity contribution in [1.29, 1.82) is 5.41 Å². The minimum absolute atomic E-state index is 0.0197. The molecule has 0 fully saturated rings. The number of amidine groups is 2. The zero-order valence-electron chi connectivity index (χ0n) is 24.4. The van der Waals surface area contributed by atoms with Crippen LogP contribution >= 0.6 is 11.8 Å². The number of carbonyl (C=O) groups excluding carboxylic acids is 1. The largest absolute Gasteiger partial charge is 0.493 e. The number of hydrogen-bond donors (Lipinski definition) is 1. The minimum Gasteiger partial charge on any atom is -0.493 e. The number of aromatic nitrogens is 1. The van der Waals surface area contributed by atoms with E-state index < -0.39 is 5.91 Å². The smallest absolute Gasteiger partial charge is 0.283 e. The number of fused-ring (bicyclic) bond motifs is 2. The lowest BCUT2D eigenvalue weighted by atomic mass is 10.1. The molecule has 0 atom stereocenters. The summed E-state index contributed by atoms with van der Waals surface area (Å²) in [5.74, 6) is 1.57. The van der Waals surface area contributed by atoms with Crippen LogP contribution in [0.3, 0.4) is 0 Å². The second-order valence-corrected chi connectivity index (χ2v) is 11.2. The van der Waals surface area contributed by atoms with Crippen LogP contribution in [0.5, 0.6) is 17.2 Å². The van der Waals surface area contributed by atoms with E-state index in [0.717, 1.165) is 34.1 Å². The average Bonchev–Trinajstić information content (AvgIpc) is 3.57. The number of carbonyl (C=O) groups is 1. The molecule has 0 saturated heterocycles. The van der Waals surface area contributed by atoms with E-state index in [1.165, 1.54) is 16.8 Å². The van der Waals surface area contributed by atoms with E-state index in [1.807, 2.05) is 85.8 Å². The van der Waals surface area contributed by atoms with Crippen LogP contribution in [0.2, 0.25) is 0 Å². The number of allylic oxidation sites excluding steroid dienone is 1. The molecule has 0 aliphatic carbocycles. The molecule has 10 heteroatoms. The van der Waals surface area contributed by atoms with Gasteiger partial charge in [-0.2, -0.15) is 15.1 Å². The fourth-order valence-electron chi connectivity index (χ4n) is 5.20. The third kappa shape index (κ3) is 5.76. The van der Waals surface area contributed by atoms with Crippen molar-refractivity contribution in [3.8, 4) is 17.2 Å². The van der Waals surface area contributed by atoms with Crippen LogP contribution in [0.1, 0.15) is 16.8 Å². The fraction of sp³-hybridized carbons (Fsp3) is 0.176. The molecule has 0 bridgehead atoms. The summed E-state index contributed by atoms with van der Waals surface area (Å²) in [5.41, 5.74) is 4.07. The molecule has 2 aliphatic heterocycles. The first-order valence-corrected chi connectivity index (χ1v) is 14.9. The number of rotatable bonds is 11. The summed E-state index contributed by atoms with van der Waals surface area (Å²) in [6.45, 7) is 6.99. The van der Waals surface area contributed by atoms with E-state index in [0.29, 0.717) is 40.6 Å². The summed E-state index contributed by atoms with van der Waals surface area (Å²) in [6.07, 6.45) is 4.36. The van der Waals surface area contributed by atoms with Gasteiger partial charge in [0.05, 0.1) is 19.2 Å². The summed E-state index contributed by atoms with van der Waals surface area (Å²) in [4.78, 5) is 17.4. The lowest BCUT2D eigenvalue weighted by molar-refractivity contribution is -0.114. The first-order chi connectivity index (χ1) is 21.5. The van der Waals surface area contributed by atoms with Gasteiger partial charge in [0.2, 0.25) is 5.17 Å². The van der Waals surface area contributed by atoms with Gasteiger partial charge < -0.3 is 18.8 Å². The second kappa shape index (κ2) is 12.6. The number of hydrogen-bond acceptors (Lipinski definition) is 7. The first-order valence-electron chi connectivity index (χ1n) is 14.1. The van der Waals surface area contributed by atoms with Gasteiger partial charge in [-0.05, 0) is 67.1 Å². The van der Waals surface area contributed by atoms with E-state index in [2.05, 4.69) is 21.2 Å². The summed E-state index contributed by atoms with van der Waals surface area (Å²) in [5, 5.41) is 16.7. The van der Waals surface area contributed by atoms with Gasteiger partial charge in [-0.15, -0.1) is 6.58 Å². The maximum atomic E-state index is 13.2. The molecule has 3 aromatic carbocycles. The van der Waals surface area contributed by atoms with Crippen molar-refractivity contribution in [3.05, 3.63) is 108 Å². The molecule has 44 heavy (non-hydrogen) atoms. The highest BCUT2D eigenvalue weighted by atomic mass is 32.2. The lowest BCUT2D eigenvalue weighted by Gasteiger charge is -2.20. The molecule has 0 radical (unpaired) electrons. The van der Waals surface area contributed by atoms with Crippen molar-refractivity contribution in [2.75, 3.05) is 20.3 Å². The van der Waals surface area contributed by atoms with Gasteiger partial charge in [0.1, 0.15) is 24.0 Å². The number of thioether (sulfide) groups is 1. The maximum absolute atomic E-state index is 13.2. The molecule has 2 aliphatic rings. The van der Waals surface area contributed by atoms with Gasteiger partial charge in [-0.3, -0.25) is 10.2 Å². The number of methoxy groups -OCH3 is 1. The molecule has 0 spiro atoms. The second-order valence-electron chi connectivity index (χ2n) is 10.1. The quantitative estimate of drug-likeness (QED) is 0.156. The van der Waals surface area contributed by atoms with Crippen molar-refractivity contribution in [2.24, 2.45) is 10.1 Å². The van der Waals surface area contributed by atoms with Gasteiger partial charge in [0.15, 0.2) is 17.3 Å². The molecule has 9 nitrogen and oxygen atoms in total. The number of benzene rings is 3. The summed E-state index contributed by atoms with van der Waals surface area (Å²) in [6, 6.07) is 23.3. The molecular weight excluding hydrogens is 574 g/mol. The zero-order valence-corrected chi connectivity index (χ0v) is 25.3. The number of aliphatic imine (C=N–C) groups is 1. The third-order valence-electron chi connectivity index (χ3n) is 7.35. The van der Waals surface area contributed by atoms with Crippen LogP contribution in [0, 0.1) is 12.3 Å². The number of nitrogens with one attached hydrogen (secondary N) is 1. The van der Waals surface area contributed by atoms with Crippen molar-refractivity contribution < 1.29 is 19.0 Å². The van der Waals surface area contributed by atoms with Crippen molar-refractivity contribution >= 4 is 50.7 Å². The van der Waals surface area contributed by atoms with Gasteiger partial charge in [-0.25, -0.2) is 0 Å². The van der Waals surface area contributed by atoms with Gasteiger partial charge in [0.25, 0.3) is 5.91 Å². The Labute approximate surface area is 259 Å². The summed E-state index contributed by atoms with van der Waals surface area (Å²) >= 11 is 1.23. The topological polar surface area (TPSA) is 102 Å². The number of nitrogens with zero attached hydrogens (tertiary/aromatic N) is 4. The molecule has 4 aromatic rings. The van der Waals surface area contributed by atoms with E-state index >= 15 is 0 Å². The molecule has 6 rings (SSSR count). The number of para-hydroxylation sites is 2. The van der Waals surface area contributed by atoms with Crippen LogP contribution < -0.4 is 14.2 Å². The normalized spacial score (nSPS) is 15.3. The Morgan fingerprint density at radius 1 is 1.02 bits per heavy atom. The minimum atomic E-state index is -0.472. The van der Waals surface area contributed by atoms with Crippen molar-refractivity contribution in [2.45, 2.75) is 19.9 Å². The van der Waals surface area contributed by atoms with E-state index in [1.54, 1.807) is 13.2 Å². The Morgan fingerprint density at radius 3 is 2.61 bits per heavy atom. The van der Waals surface area contributed by atoms with E-state index in [4.69, 9.17) is 19.6 Å². The highest BCUT2D eigenvalue weighted by Crippen LogP contribution is 2.33.